The van der Waals surface area contributed by atoms with E-state index in [1.54, 1.807) is 6.07 Å². The number of nitrogens with zero attached hydrogens (tertiary/aromatic N) is 1. The van der Waals surface area contributed by atoms with Gasteiger partial charge in [0.25, 0.3) is 0 Å². The van der Waals surface area contributed by atoms with Gasteiger partial charge in [-0.3, -0.25) is 0 Å². The number of rotatable bonds is 4. The summed E-state index contributed by atoms with van der Waals surface area (Å²) in [6.45, 7) is 0. The number of fused-ring (bicyclic) bond motifs is 1. The SMILES string of the molecule is CSC1CCCC1Nc1nc2ccccc2cc1C(=O)O. The molecule has 0 aliphatic heterocycles. The Labute approximate surface area is 128 Å². The first kappa shape index (κ1) is 14.2. The van der Waals surface area contributed by atoms with Crippen LogP contribution in [0.4, 0.5) is 5.82 Å². The van der Waals surface area contributed by atoms with Crippen molar-refractivity contribution in [2.24, 2.45) is 0 Å². The van der Waals surface area contributed by atoms with Crippen LogP contribution in [0.5, 0.6) is 0 Å². The van der Waals surface area contributed by atoms with E-state index in [0.29, 0.717) is 17.1 Å². The Morgan fingerprint density at radius 3 is 2.95 bits per heavy atom. The number of thioether (sulfide) groups is 1. The number of carboxylic acids is 1. The van der Waals surface area contributed by atoms with Crippen LogP contribution >= 0.6 is 11.8 Å². The van der Waals surface area contributed by atoms with Gasteiger partial charge in [0.1, 0.15) is 11.4 Å². The number of nitrogens with one attached hydrogen (secondary N) is 1. The molecule has 1 aliphatic rings. The van der Waals surface area contributed by atoms with Gasteiger partial charge in [-0.1, -0.05) is 24.6 Å². The molecular weight excluding hydrogens is 284 g/mol. The summed E-state index contributed by atoms with van der Waals surface area (Å²) in [6, 6.07) is 9.61. The van der Waals surface area contributed by atoms with Crippen molar-refractivity contribution in [3.05, 3.63) is 35.9 Å². The van der Waals surface area contributed by atoms with Gasteiger partial charge in [0.15, 0.2) is 0 Å². The predicted octanol–water partition coefficient (Wildman–Crippen LogP) is 3.63. The average molecular weight is 302 g/mol. The number of aromatic nitrogens is 1. The lowest BCUT2D eigenvalue weighted by atomic mass is 10.1. The quantitative estimate of drug-likeness (QED) is 0.903. The molecule has 4 nitrogen and oxygen atoms in total. The zero-order valence-corrected chi connectivity index (χ0v) is 12.7. The Bertz CT molecular complexity index is 674. The molecule has 5 heteroatoms. The number of carbonyl (C=O) groups is 1. The fourth-order valence-corrected chi connectivity index (χ4v) is 3.87. The number of anilines is 1. The normalized spacial score (nSPS) is 21.6. The lowest BCUT2D eigenvalue weighted by molar-refractivity contribution is 0.0697. The third-order valence-electron chi connectivity index (χ3n) is 4.03. The van der Waals surface area contributed by atoms with Crippen molar-refractivity contribution in [1.82, 2.24) is 4.98 Å². The zero-order valence-electron chi connectivity index (χ0n) is 11.9. The van der Waals surface area contributed by atoms with Gasteiger partial charge >= 0.3 is 5.97 Å². The van der Waals surface area contributed by atoms with Crippen molar-refractivity contribution in [1.29, 1.82) is 0 Å². The molecule has 3 rings (SSSR count). The number of hydrogen-bond acceptors (Lipinski definition) is 4. The van der Waals surface area contributed by atoms with Crippen LogP contribution in [0.1, 0.15) is 29.6 Å². The van der Waals surface area contributed by atoms with E-state index >= 15 is 0 Å². The molecule has 0 radical (unpaired) electrons. The van der Waals surface area contributed by atoms with E-state index in [4.69, 9.17) is 0 Å². The molecule has 0 bridgehead atoms. The van der Waals surface area contributed by atoms with Gasteiger partial charge in [0, 0.05) is 16.7 Å². The minimum atomic E-state index is -0.936. The molecule has 2 unspecified atom stereocenters. The molecule has 21 heavy (non-hydrogen) atoms. The Kier molecular flexibility index (Phi) is 4.01. The molecule has 1 aromatic heterocycles. The second kappa shape index (κ2) is 5.93. The first-order valence-corrected chi connectivity index (χ1v) is 8.40. The van der Waals surface area contributed by atoms with Gasteiger partial charge in [-0.15, -0.1) is 0 Å². The Morgan fingerprint density at radius 1 is 1.38 bits per heavy atom. The highest BCUT2D eigenvalue weighted by Crippen LogP contribution is 2.31. The number of para-hydroxylation sites is 1. The third kappa shape index (κ3) is 2.83. The topological polar surface area (TPSA) is 62.2 Å². The number of benzene rings is 1. The second-order valence-corrected chi connectivity index (χ2v) is 6.42. The van der Waals surface area contributed by atoms with Gasteiger partial charge in [0.2, 0.25) is 0 Å². The second-order valence-electron chi connectivity index (χ2n) is 5.34. The van der Waals surface area contributed by atoms with Crippen molar-refractivity contribution in [2.75, 3.05) is 11.6 Å². The van der Waals surface area contributed by atoms with Crippen molar-refractivity contribution >= 4 is 34.5 Å². The highest BCUT2D eigenvalue weighted by atomic mass is 32.2. The Balaban J connectivity index is 1.99. The smallest absolute Gasteiger partial charge is 0.339 e. The van der Waals surface area contributed by atoms with E-state index in [9.17, 15) is 9.90 Å². The van der Waals surface area contributed by atoms with Crippen LogP contribution in [0.15, 0.2) is 30.3 Å². The fraction of sp³-hybridized carbons (Fsp3) is 0.375. The lowest BCUT2D eigenvalue weighted by Gasteiger charge is -2.21. The zero-order chi connectivity index (χ0) is 14.8. The maximum Gasteiger partial charge on any atom is 0.339 e. The Morgan fingerprint density at radius 2 is 2.19 bits per heavy atom. The highest BCUT2D eigenvalue weighted by molar-refractivity contribution is 7.99. The molecule has 1 aliphatic carbocycles. The van der Waals surface area contributed by atoms with E-state index in [1.165, 1.54) is 12.8 Å². The van der Waals surface area contributed by atoms with Crippen LogP contribution in [-0.4, -0.2) is 33.6 Å². The molecular formula is C16H18N2O2S. The summed E-state index contributed by atoms with van der Waals surface area (Å²) in [5.41, 5.74) is 1.07. The molecule has 2 N–H and O–H groups in total. The van der Waals surface area contributed by atoms with Gasteiger partial charge in [-0.25, -0.2) is 9.78 Å². The van der Waals surface area contributed by atoms with Crippen LogP contribution < -0.4 is 5.32 Å². The van der Waals surface area contributed by atoms with Crippen molar-refractivity contribution in [3.8, 4) is 0 Å². The van der Waals surface area contributed by atoms with Crippen molar-refractivity contribution < 1.29 is 9.90 Å². The van der Waals surface area contributed by atoms with E-state index < -0.39 is 5.97 Å². The van der Waals surface area contributed by atoms with Crippen LogP contribution in [0.25, 0.3) is 10.9 Å². The number of aromatic carboxylic acids is 1. The Hall–Kier alpha value is -1.75. The molecule has 1 heterocycles. The summed E-state index contributed by atoms with van der Waals surface area (Å²) in [6.07, 6.45) is 5.53. The summed E-state index contributed by atoms with van der Waals surface area (Å²) in [5.74, 6) is -0.443. The van der Waals surface area contributed by atoms with Crippen LogP contribution in [0, 0.1) is 0 Å². The average Bonchev–Trinajstić information content (AvgIpc) is 2.93. The maximum absolute atomic E-state index is 11.5. The van der Waals surface area contributed by atoms with E-state index in [-0.39, 0.29) is 5.56 Å². The van der Waals surface area contributed by atoms with Crippen molar-refractivity contribution in [2.45, 2.75) is 30.6 Å². The molecule has 2 atom stereocenters. The summed E-state index contributed by atoms with van der Waals surface area (Å²) < 4.78 is 0. The van der Waals surface area contributed by atoms with Crippen molar-refractivity contribution in [3.63, 3.8) is 0 Å². The van der Waals surface area contributed by atoms with Gasteiger partial charge < -0.3 is 10.4 Å². The van der Waals surface area contributed by atoms with Gasteiger partial charge in [-0.05, 0) is 31.2 Å². The number of carboxylic acid groups (broad SMARTS) is 1. The lowest BCUT2D eigenvalue weighted by Crippen LogP contribution is -2.27. The highest BCUT2D eigenvalue weighted by Gasteiger charge is 2.28. The third-order valence-corrected chi connectivity index (χ3v) is 5.20. The van der Waals surface area contributed by atoms with Crippen LogP contribution in [0.3, 0.4) is 0 Å². The minimum absolute atomic E-state index is 0.250. The molecule has 110 valence electrons. The molecule has 0 spiro atoms. The van der Waals surface area contributed by atoms with E-state index in [2.05, 4.69) is 16.6 Å². The largest absolute Gasteiger partial charge is 0.478 e. The molecule has 1 fully saturated rings. The maximum atomic E-state index is 11.5. The summed E-state index contributed by atoms with van der Waals surface area (Å²) >= 11 is 1.84. The fourth-order valence-electron chi connectivity index (χ4n) is 2.94. The van der Waals surface area contributed by atoms with Crippen LogP contribution in [0.2, 0.25) is 0 Å². The van der Waals surface area contributed by atoms with Gasteiger partial charge in [-0.2, -0.15) is 11.8 Å². The van der Waals surface area contributed by atoms with Crippen LogP contribution in [-0.2, 0) is 0 Å². The predicted molar refractivity (Wildman–Crippen MR) is 87.3 cm³/mol. The van der Waals surface area contributed by atoms with E-state index in [1.807, 2.05) is 36.0 Å². The van der Waals surface area contributed by atoms with E-state index in [0.717, 1.165) is 17.3 Å². The number of hydrogen-bond donors (Lipinski definition) is 2. The first-order valence-electron chi connectivity index (χ1n) is 7.11. The molecule has 1 aromatic carbocycles. The summed E-state index contributed by atoms with van der Waals surface area (Å²) in [7, 11) is 0. The first-order chi connectivity index (χ1) is 10.2. The summed E-state index contributed by atoms with van der Waals surface area (Å²) in [5, 5.41) is 14.2. The number of pyridine rings is 1. The molecule has 0 saturated heterocycles. The molecule has 0 amide bonds. The molecule has 1 saturated carbocycles. The standard InChI is InChI=1S/C16H18N2O2S/c1-21-14-8-4-7-13(14)18-15-11(16(19)20)9-10-5-2-3-6-12(10)17-15/h2-3,5-6,9,13-14H,4,7-8H2,1H3,(H,17,18)(H,19,20). The molecule has 2 aromatic rings. The monoisotopic (exact) mass is 302 g/mol. The minimum Gasteiger partial charge on any atom is -0.478 e. The summed E-state index contributed by atoms with van der Waals surface area (Å²) in [4.78, 5) is 16.0. The van der Waals surface area contributed by atoms with Gasteiger partial charge in [0.05, 0.1) is 5.52 Å².